The van der Waals surface area contributed by atoms with Crippen molar-refractivity contribution >= 4 is 33.3 Å². The highest BCUT2D eigenvalue weighted by Gasteiger charge is 2.20. The van der Waals surface area contributed by atoms with Gasteiger partial charge >= 0.3 is 0 Å². The van der Waals surface area contributed by atoms with Crippen molar-refractivity contribution in [3.05, 3.63) is 72.1 Å². The van der Waals surface area contributed by atoms with E-state index in [4.69, 9.17) is 9.94 Å². The molecule has 0 bridgehead atoms. The molecule has 1 aliphatic rings. The van der Waals surface area contributed by atoms with Crippen molar-refractivity contribution in [2.75, 3.05) is 26.3 Å². The van der Waals surface area contributed by atoms with Crippen LogP contribution in [0.15, 0.2) is 65.1 Å². The fourth-order valence-corrected chi connectivity index (χ4v) is 6.02. The van der Waals surface area contributed by atoms with Gasteiger partial charge in [-0.05, 0) is 47.0 Å². The summed E-state index contributed by atoms with van der Waals surface area (Å²) < 4.78 is 32.8. The number of amides is 1. The van der Waals surface area contributed by atoms with Crippen LogP contribution >= 0.6 is 11.3 Å². The number of aromatic nitrogens is 1. The third kappa shape index (κ3) is 5.17. The number of hydroxylamine groups is 1. The molecule has 2 aromatic heterocycles. The van der Waals surface area contributed by atoms with Crippen molar-refractivity contribution in [2.24, 2.45) is 0 Å². The van der Waals surface area contributed by atoms with Gasteiger partial charge in [0.15, 0.2) is 0 Å². The molecule has 1 aromatic carbocycles. The van der Waals surface area contributed by atoms with Crippen LogP contribution in [0, 0.1) is 0 Å². The van der Waals surface area contributed by atoms with Crippen LogP contribution in [-0.4, -0.2) is 54.7 Å². The maximum Gasteiger partial charge on any atom is 0.277 e. The smallest absolute Gasteiger partial charge is 0.277 e. The summed E-state index contributed by atoms with van der Waals surface area (Å²) in [6.45, 7) is 4.14. The van der Waals surface area contributed by atoms with Crippen LogP contribution in [0.4, 0.5) is 0 Å². The molecule has 10 heteroatoms. The van der Waals surface area contributed by atoms with Crippen molar-refractivity contribution in [3.63, 3.8) is 0 Å². The molecule has 1 amide bonds. The Bertz CT molecular complexity index is 1220. The zero-order valence-electron chi connectivity index (χ0n) is 17.2. The Morgan fingerprint density at radius 3 is 2.78 bits per heavy atom. The largest absolute Gasteiger partial charge is 0.379 e. The average molecular weight is 474 g/mol. The van der Waals surface area contributed by atoms with Gasteiger partial charge in [0.05, 0.1) is 13.2 Å². The van der Waals surface area contributed by atoms with Gasteiger partial charge in [0.1, 0.15) is 4.21 Å². The number of carbonyl (C=O) groups excluding carboxylic acids is 1. The zero-order chi connectivity index (χ0) is 22.6. The molecule has 0 aliphatic carbocycles. The summed E-state index contributed by atoms with van der Waals surface area (Å²) in [5.41, 5.74) is 4.16. The van der Waals surface area contributed by atoms with Gasteiger partial charge in [-0.1, -0.05) is 18.2 Å². The number of nitrogens with one attached hydrogen (secondary N) is 1. The van der Waals surface area contributed by atoms with Crippen LogP contribution in [0.3, 0.4) is 0 Å². The minimum atomic E-state index is -3.75. The summed E-state index contributed by atoms with van der Waals surface area (Å²) in [6, 6.07) is 13.2. The molecule has 0 saturated carbocycles. The maximum absolute atomic E-state index is 13.0. The lowest BCUT2D eigenvalue weighted by Gasteiger charge is -2.26. The van der Waals surface area contributed by atoms with Gasteiger partial charge in [-0.15, -0.1) is 11.3 Å². The number of carbonyl (C=O) groups is 1. The Kier molecular flexibility index (Phi) is 6.87. The standard InChI is InChI=1S/C22H23N3O5S2/c26-21(23-27)6-4-17-8-9-25(16-17)32(28,29)22-7-5-20(31-22)19-3-1-2-18(14-19)15-24-10-12-30-13-11-24/h1-9,14,16,27H,10-13,15H2,(H,23,26). The number of nitrogens with zero attached hydrogens (tertiary/aromatic N) is 2. The van der Waals surface area contributed by atoms with E-state index in [1.807, 2.05) is 18.2 Å². The first-order valence-corrected chi connectivity index (χ1v) is 12.3. The lowest BCUT2D eigenvalue weighted by atomic mass is 10.1. The molecule has 8 nitrogen and oxygen atoms in total. The maximum atomic E-state index is 13.0. The second kappa shape index (κ2) is 9.80. The minimum absolute atomic E-state index is 0.227. The Morgan fingerprint density at radius 1 is 1.19 bits per heavy atom. The predicted molar refractivity (Wildman–Crippen MR) is 122 cm³/mol. The fraction of sp³-hybridized carbons (Fsp3) is 0.227. The van der Waals surface area contributed by atoms with Gasteiger partial charge in [-0.3, -0.25) is 14.9 Å². The van der Waals surface area contributed by atoms with E-state index in [0.717, 1.165) is 53.3 Å². The van der Waals surface area contributed by atoms with Crippen molar-refractivity contribution in [1.29, 1.82) is 0 Å². The summed E-state index contributed by atoms with van der Waals surface area (Å²) in [6.07, 6.45) is 5.36. The highest BCUT2D eigenvalue weighted by molar-refractivity contribution is 7.92. The third-order valence-electron chi connectivity index (χ3n) is 5.06. The molecule has 0 spiro atoms. The predicted octanol–water partition coefficient (Wildman–Crippen LogP) is 2.80. The molecule has 1 fully saturated rings. The summed E-state index contributed by atoms with van der Waals surface area (Å²) in [7, 11) is -3.75. The van der Waals surface area contributed by atoms with Gasteiger partial charge < -0.3 is 4.74 Å². The first-order valence-electron chi connectivity index (χ1n) is 10.0. The third-order valence-corrected chi connectivity index (χ3v) is 8.30. The fourth-order valence-electron chi connectivity index (χ4n) is 3.41. The van der Waals surface area contributed by atoms with Gasteiger partial charge in [-0.2, -0.15) is 8.42 Å². The Morgan fingerprint density at radius 2 is 2.00 bits per heavy atom. The van der Waals surface area contributed by atoms with Crippen LogP contribution in [-0.2, 0) is 26.1 Å². The van der Waals surface area contributed by atoms with Crippen molar-refractivity contribution in [2.45, 2.75) is 10.8 Å². The molecule has 3 heterocycles. The monoisotopic (exact) mass is 473 g/mol. The van der Waals surface area contributed by atoms with E-state index in [-0.39, 0.29) is 4.21 Å². The summed E-state index contributed by atoms with van der Waals surface area (Å²) in [5.74, 6) is -0.695. The normalized spacial score (nSPS) is 15.3. The molecule has 32 heavy (non-hydrogen) atoms. The molecule has 3 aromatic rings. The number of hydrogen-bond donors (Lipinski definition) is 2. The summed E-state index contributed by atoms with van der Waals surface area (Å²) in [5, 5.41) is 8.53. The lowest BCUT2D eigenvalue weighted by molar-refractivity contribution is -0.124. The molecule has 1 aliphatic heterocycles. The molecule has 168 valence electrons. The SMILES string of the molecule is O=C(C=Cc1ccn(S(=O)(=O)c2ccc(-c3cccc(CN4CCOCC4)c3)s2)c1)NO. The highest BCUT2D eigenvalue weighted by atomic mass is 32.2. The van der Waals surface area contributed by atoms with E-state index in [9.17, 15) is 13.2 Å². The molecule has 0 radical (unpaired) electrons. The van der Waals surface area contributed by atoms with Crippen LogP contribution in [0.25, 0.3) is 16.5 Å². The van der Waals surface area contributed by atoms with E-state index >= 15 is 0 Å². The van der Waals surface area contributed by atoms with Gasteiger partial charge in [0, 0.05) is 43.0 Å². The Labute approximate surface area is 190 Å². The number of benzene rings is 1. The molecule has 0 unspecified atom stereocenters. The quantitative estimate of drug-likeness (QED) is 0.311. The first-order chi connectivity index (χ1) is 15.5. The second-order valence-corrected chi connectivity index (χ2v) is 10.5. The van der Waals surface area contributed by atoms with Crippen LogP contribution in [0.1, 0.15) is 11.1 Å². The van der Waals surface area contributed by atoms with Gasteiger partial charge in [-0.25, -0.2) is 9.45 Å². The van der Waals surface area contributed by atoms with E-state index < -0.39 is 15.9 Å². The molecule has 4 rings (SSSR count). The van der Waals surface area contributed by atoms with Crippen molar-refractivity contribution in [1.82, 2.24) is 14.4 Å². The average Bonchev–Trinajstić information content (AvgIpc) is 3.49. The second-order valence-electron chi connectivity index (χ2n) is 7.30. The Hall–Kier alpha value is -2.76. The molecular weight excluding hydrogens is 450 g/mol. The van der Waals surface area contributed by atoms with Crippen LogP contribution in [0.5, 0.6) is 0 Å². The van der Waals surface area contributed by atoms with E-state index in [2.05, 4.69) is 17.0 Å². The van der Waals surface area contributed by atoms with Crippen LogP contribution in [0.2, 0.25) is 0 Å². The van der Waals surface area contributed by atoms with Crippen LogP contribution < -0.4 is 5.48 Å². The molecule has 0 atom stereocenters. The summed E-state index contributed by atoms with van der Waals surface area (Å²) >= 11 is 1.22. The van der Waals surface area contributed by atoms with E-state index in [0.29, 0.717) is 5.56 Å². The van der Waals surface area contributed by atoms with Gasteiger partial charge in [0.2, 0.25) is 0 Å². The number of rotatable bonds is 7. The highest BCUT2D eigenvalue weighted by Crippen LogP contribution is 2.32. The topological polar surface area (TPSA) is 101 Å². The number of thiophene rings is 1. The zero-order valence-corrected chi connectivity index (χ0v) is 18.8. The van der Waals surface area contributed by atoms with Gasteiger partial charge in [0.25, 0.3) is 15.9 Å². The lowest BCUT2D eigenvalue weighted by Crippen LogP contribution is -2.35. The minimum Gasteiger partial charge on any atom is -0.379 e. The van der Waals surface area contributed by atoms with Crippen molar-refractivity contribution < 1.29 is 23.2 Å². The number of ether oxygens (including phenoxy) is 1. The van der Waals surface area contributed by atoms with Crippen molar-refractivity contribution in [3.8, 4) is 10.4 Å². The summed E-state index contributed by atoms with van der Waals surface area (Å²) in [4.78, 5) is 14.3. The number of hydrogen-bond acceptors (Lipinski definition) is 7. The van der Waals surface area contributed by atoms with E-state index in [1.54, 1.807) is 12.1 Å². The number of morpholine rings is 1. The first kappa shape index (κ1) is 22.4. The molecular formula is C22H23N3O5S2. The Balaban J connectivity index is 1.52. The molecule has 2 N–H and O–H groups in total. The molecule has 1 saturated heterocycles. The van der Waals surface area contributed by atoms with E-state index in [1.165, 1.54) is 40.9 Å².